The SMILES string of the molecule is CC(C)[Si](OCCCC#CC(=O)CCCc1ccccc1)(C(C)C)C(C)C. The molecule has 0 aromatic heterocycles. The number of carbonyl (C=O) groups excluding carboxylic acids is 1. The summed E-state index contributed by atoms with van der Waals surface area (Å²) in [6.45, 7) is 14.6. The molecule has 0 aliphatic heterocycles. The Kier molecular flexibility index (Phi) is 10.7. The van der Waals surface area contributed by atoms with Crippen molar-refractivity contribution in [2.75, 3.05) is 6.61 Å². The minimum absolute atomic E-state index is 0.0575. The maximum atomic E-state index is 11.9. The number of carbonyl (C=O) groups is 1. The Balaban J connectivity index is 2.32. The number of Topliss-reactive ketones (excluding diaryl/α,β-unsaturated/α-hetero) is 1. The molecular formula is C24H38O2Si. The van der Waals surface area contributed by atoms with Gasteiger partial charge in [-0.15, -0.1) is 0 Å². The molecule has 0 aliphatic carbocycles. The number of hydrogen-bond acceptors (Lipinski definition) is 2. The smallest absolute Gasteiger partial charge is 0.205 e. The predicted molar refractivity (Wildman–Crippen MR) is 118 cm³/mol. The number of benzene rings is 1. The fourth-order valence-corrected chi connectivity index (χ4v) is 9.73. The largest absolute Gasteiger partial charge is 0.416 e. The van der Waals surface area contributed by atoms with Crippen LogP contribution < -0.4 is 0 Å². The van der Waals surface area contributed by atoms with Crippen LogP contribution in [0, 0.1) is 11.8 Å². The highest BCUT2D eigenvalue weighted by molar-refractivity contribution is 6.77. The Morgan fingerprint density at radius 1 is 0.963 bits per heavy atom. The van der Waals surface area contributed by atoms with E-state index < -0.39 is 8.32 Å². The van der Waals surface area contributed by atoms with Gasteiger partial charge in [0.05, 0.1) is 0 Å². The molecule has 0 unspecified atom stereocenters. The van der Waals surface area contributed by atoms with Crippen LogP contribution in [0.5, 0.6) is 0 Å². The van der Waals surface area contributed by atoms with Crippen LogP contribution in [0.4, 0.5) is 0 Å². The minimum Gasteiger partial charge on any atom is -0.416 e. The van der Waals surface area contributed by atoms with Gasteiger partial charge in [-0.25, -0.2) is 0 Å². The molecule has 27 heavy (non-hydrogen) atoms. The summed E-state index contributed by atoms with van der Waals surface area (Å²) in [5.41, 5.74) is 3.10. The molecule has 0 spiro atoms. The summed E-state index contributed by atoms with van der Waals surface area (Å²) in [6, 6.07) is 10.3. The van der Waals surface area contributed by atoms with Gasteiger partial charge in [-0.1, -0.05) is 77.8 Å². The van der Waals surface area contributed by atoms with Gasteiger partial charge < -0.3 is 4.43 Å². The molecule has 0 aliphatic rings. The van der Waals surface area contributed by atoms with Gasteiger partial charge in [0.25, 0.3) is 0 Å². The molecule has 3 heteroatoms. The Labute approximate surface area is 168 Å². The van der Waals surface area contributed by atoms with Crippen molar-refractivity contribution in [2.45, 2.75) is 90.3 Å². The van der Waals surface area contributed by atoms with Crippen LogP contribution in [0.2, 0.25) is 16.6 Å². The molecule has 2 nitrogen and oxygen atoms in total. The fraction of sp³-hybridized carbons (Fsp3) is 0.625. The second-order valence-corrected chi connectivity index (χ2v) is 13.8. The van der Waals surface area contributed by atoms with Crippen molar-refractivity contribution in [3.05, 3.63) is 35.9 Å². The lowest BCUT2D eigenvalue weighted by Gasteiger charge is -2.42. The van der Waals surface area contributed by atoms with Crippen molar-refractivity contribution in [3.63, 3.8) is 0 Å². The zero-order valence-electron chi connectivity index (χ0n) is 18.2. The third-order valence-corrected chi connectivity index (χ3v) is 11.6. The van der Waals surface area contributed by atoms with Gasteiger partial charge in [0.2, 0.25) is 5.78 Å². The molecule has 1 aromatic carbocycles. The number of aryl methyl sites for hydroxylation is 1. The van der Waals surface area contributed by atoms with Crippen molar-refractivity contribution >= 4 is 14.1 Å². The molecule has 0 bridgehead atoms. The van der Waals surface area contributed by atoms with Gasteiger partial charge >= 0.3 is 0 Å². The minimum atomic E-state index is -1.77. The lowest BCUT2D eigenvalue weighted by atomic mass is 10.1. The summed E-state index contributed by atoms with van der Waals surface area (Å²) in [5, 5.41) is 0. The predicted octanol–water partition coefficient (Wildman–Crippen LogP) is 6.55. The normalized spacial score (nSPS) is 11.7. The molecule has 0 saturated heterocycles. The molecule has 0 atom stereocenters. The maximum Gasteiger partial charge on any atom is 0.205 e. The van der Waals surface area contributed by atoms with Gasteiger partial charge in [0.1, 0.15) is 0 Å². The molecule has 0 fully saturated rings. The third-order valence-electron chi connectivity index (χ3n) is 5.45. The molecule has 0 N–H and O–H groups in total. The summed E-state index contributed by atoms with van der Waals surface area (Å²) in [5.74, 6) is 5.90. The molecule has 1 aromatic rings. The number of rotatable bonds is 11. The topological polar surface area (TPSA) is 26.3 Å². The second-order valence-electron chi connectivity index (χ2n) is 8.33. The summed E-state index contributed by atoms with van der Waals surface area (Å²) >= 11 is 0. The number of unbranched alkanes of at least 4 members (excludes halogenated alkanes) is 1. The lowest BCUT2D eigenvalue weighted by Crippen LogP contribution is -2.47. The number of hydrogen-bond donors (Lipinski definition) is 0. The van der Waals surface area contributed by atoms with E-state index in [0.29, 0.717) is 23.0 Å². The van der Waals surface area contributed by atoms with E-state index in [-0.39, 0.29) is 5.78 Å². The Hall–Kier alpha value is -1.37. The lowest BCUT2D eigenvalue weighted by molar-refractivity contribution is -0.113. The molecule has 1 rings (SSSR count). The Morgan fingerprint density at radius 3 is 2.11 bits per heavy atom. The number of ketones is 1. The molecule has 0 radical (unpaired) electrons. The molecule has 150 valence electrons. The summed E-state index contributed by atoms with van der Waals surface area (Å²) in [6.07, 6.45) is 4.00. The first-order chi connectivity index (χ1) is 12.8. The van der Waals surface area contributed by atoms with Crippen molar-refractivity contribution in [1.82, 2.24) is 0 Å². The van der Waals surface area contributed by atoms with Crippen molar-refractivity contribution in [1.29, 1.82) is 0 Å². The van der Waals surface area contributed by atoms with Gasteiger partial charge in [-0.2, -0.15) is 0 Å². The first kappa shape index (κ1) is 23.7. The first-order valence-corrected chi connectivity index (χ1v) is 12.6. The van der Waals surface area contributed by atoms with E-state index in [1.807, 2.05) is 18.2 Å². The summed E-state index contributed by atoms with van der Waals surface area (Å²) in [4.78, 5) is 11.9. The van der Waals surface area contributed by atoms with Crippen molar-refractivity contribution < 1.29 is 9.22 Å². The van der Waals surface area contributed by atoms with Crippen LogP contribution >= 0.6 is 0 Å². The van der Waals surface area contributed by atoms with Crippen molar-refractivity contribution in [2.24, 2.45) is 0 Å². The van der Waals surface area contributed by atoms with Gasteiger partial charge in [-0.05, 0) is 47.4 Å². The zero-order valence-corrected chi connectivity index (χ0v) is 19.2. The quantitative estimate of drug-likeness (QED) is 0.186. The van der Waals surface area contributed by atoms with Crippen LogP contribution in [-0.4, -0.2) is 20.7 Å². The molecule has 0 amide bonds. The van der Waals surface area contributed by atoms with Gasteiger partial charge in [0, 0.05) is 19.4 Å². The standard InChI is InChI=1S/C24H38O2Si/c1-20(2)27(21(3)4,22(5)6)26-19-12-8-11-17-24(25)18-13-16-23-14-9-7-10-15-23/h7,9-10,14-15,20-22H,8,12-13,16,18-19H2,1-6H3. The van der Waals surface area contributed by atoms with Crippen LogP contribution in [0.15, 0.2) is 30.3 Å². The molecule has 0 heterocycles. The van der Waals surface area contributed by atoms with E-state index in [1.165, 1.54) is 5.56 Å². The van der Waals surface area contributed by atoms with Crippen LogP contribution in [0.3, 0.4) is 0 Å². The van der Waals surface area contributed by atoms with E-state index in [1.54, 1.807) is 0 Å². The van der Waals surface area contributed by atoms with Crippen molar-refractivity contribution in [3.8, 4) is 11.8 Å². The van der Waals surface area contributed by atoms with E-state index in [4.69, 9.17) is 4.43 Å². The maximum absolute atomic E-state index is 11.9. The second kappa shape index (κ2) is 12.2. The average Bonchev–Trinajstić information content (AvgIpc) is 2.61. The van der Waals surface area contributed by atoms with Gasteiger partial charge in [0.15, 0.2) is 8.32 Å². The summed E-state index contributed by atoms with van der Waals surface area (Å²) < 4.78 is 6.52. The highest BCUT2D eigenvalue weighted by Crippen LogP contribution is 2.42. The Bertz CT molecular complexity index is 586. The fourth-order valence-electron chi connectivity index (χ4n) is 4.23. The molecule has 0 saturated carbocycles. The van der Waals surface area contributed by atoms with E-state index in [0.717, 1.165) is 32.3 Å². The van der Waals surface area contributed by atoms with Gasteiger partial charge in [-0.3, -0.25) is 4.79 Å². The van der Waals surface area contributed by atoms with Crippen LogP contribution in [0.25, 0.3) is 0 Å². The van der Waals surface area contributed by atoms with Crippen LogP contribution in [0.1, 0.15) is 72.8 Å². The van der Waals surface area contributed by atoms with E-state index in [9.17, 15) is 4.79 Å². The average molecular weight is 387 g/mol. The monoisotopic (exact) mass is 386 g/mol. The zero-order chi connectivity index (χ0) is 20.3. The Morgan fingerprint density at radius 2 is 1.56 bits per heavy atom. The summed E-state index contributed by atoms with van der Waals surface area (Å²) in [7, 11) is -1.77. The molecular weight excluding hydrogens is 348 g/mol. The first-order valence-electron chi connectivity index (χ1n) is 10.5. The van der Waals surface area contributed by atoms with Crippen LogP contribution in [-0.2, 0) is 15.6 Å². The third kappa shape index (κ3) is 7.64. The highest BCUT2D eigenvalue weighted by Gasteiger charge is 2.44. The highest BCUT2D eigenvalue weighted by atomic mass is 28.4. The van der Waals surface area contributed by atoms with E-state index >= 15 is 0 Å². The van der Waals surface area contributed by atoms with E-state index in [2.05, 4.69) is 65.5 Å².